The van der Waals surface area contributed by atoms with Crippen molar-refractivity contribution in [3.05, 3.63) is 82.3 Å². The molecule has 1 heterocycles. The summed E-state index contributed by atoms with van der Waals surface area (Å²) in [5.74, 6) is 1.13. The number of nitrogens with zero attached hydrogens (tertiary/aromatic N) is 1. The van der Waals surface area contributed by atoms with E-state index >= 15 is 0 Å². The number of piperidine rings is 1. The molecule has 1 aliphatic rings. The Hall–Kier alpha value is -2.73. The molecule has 3 aromatic rings. The molecule has 160 valence electrons. The fourth-order valence-corrected chi connectivity index (χ4v) is 3.73. The number of amides is 1. The van der Waals surface area contributed by atoms with Gasteiger partial charge in [0.25, 0.3) is 5.91 Å². The van der Waals surface area contributed by atoms with Crippen molar-refractivity contribution < 1.29 is 14.6 Å². The second-order valence-electron chi connectivity index (χ2n) is 7.42. The third kappa shape index (κ3) is 5.50. The highest BCUT2D eigenvalue weighted by Crippen LogP contribution is 2.27. The number of aliphatic hydroxyl groups excluding tert-OH is 1. The molecule has 0 bridgehead atoms. The van der Waals surface area contributed by atoms with E-state index in [1.807, 2.05) is 24.3 Å². The summed E-state index contributed by atoms with van der Waals surface area (Å²) in [6.45, 7) is 1.72. The van der Waals surface area contributed by atoms with Gasteiger partial charge in [-0.3, -0.25) is 4.79 Å². The summed E-state index contributed by atoms with van der Waals surface area (Å²) < 4.78 is 5.91. The molecular weight excluding hydrogens is 435 g/mol. The average molecular weight is 457 g/mol. The SMILES string of the molecule is O=C(Nc1ccc(Oc2ccc(N3CCC(O)CC3)cc2)cc1)c1ccc(Cl)c(Cl)c1. The van der Waals surface area contributed by atoms with Crippen LogP contribution in [0, 0.1) is 0 Å². The van der Waals surface area contributed by atoms with Crippen LogP contribution in [0.25, 0.3) is 0 Å². The van der Waals surface area contributed by atoms with Crippen LogP contribution in [0.5, 0.6) is 11.5 Å². The van der Waals surface area contributed by atoms with Gasteiger partial charge in [-0.15, -0.1) is 0 Å². The average Bonchev–Trinajstić information content (AvgIpc) is 2.78. The minimum atomic E-state index is -0.270. The van der Waals surface area contributed by atoms with Crippen LogP contribution >= 0.6 is 23.2 Å². The van der Waals surface area contributed by atoms with Gasteiger partial charge in [-0.2, -0.15) is 0 Å². The number of hydrogen-bond donors (Lipinski definition) is 2. The molecular formula is C24H22Cl2N2O3. The summed E-state index contributed by atoms with van der Waals surface area (Å²) in [5, 5.41) is 13.2. The van der Waals surface area contributed by atoms with Crippen LogP contribution in [0.4, 0.5) is 11.4 Å². The van der Waals surface area contributed by atoms with Gasteiger partial charge in [0.05, 0.1) is 16.1 Å². The molecule has 1 amide bonds. The molecule has 0 saturated carbocycles. The lowest BCUT2D eigenvalue weighted by Crippen LogP contribution is -2.35. The van der Waals surface area contributed by atoms with E-state index in [9.17, 15) is 9.90 Å². The maximum absolute atomic E-state index is 12.4. The van der Waals surface area contributed by atoms with Gasteiger partial charge in [0.2, 0.25) is 0 Å². The number of carbonyl (C=O) groups excluding carboxylic acids is 1. The van der Waals surface area contributed by atoms with Crippen LogP contribution < -0.4 is 15.0 Å². The molecule has 5 nitrogen and oxygen atoms in total. The molecule has 31 heavy (non-hydrogen) atoms. The third-order valence-electron chi connectivity index (χ3n) is 5.20. The number of ether oxygens (including phenoxy) is 1. The Morgan fingerprint density at radius 2 is 1.52 bits per heavy atom. The molecule has 0 unspecified atom stereocenters. The summed E-state index contributed by atoms with van der Waals surface area (Å²) in [5.41, 5.74) is 2.20. The minimum Gasteiger partial charge on any atom is -0.457 e. The normalized spacial score (nSPS) is 14.4. The quantitative estimate of drug-likeness (QED) is 0.494. The Balaban J connectivity index is 1.35. The van der Waals surface area contributed by atoms with Crippen LogP contribution in [0.3, 0.4) is 0 Å². The van der Waals surface area contributed by atoms with E-state index in [1.54, 1.807) is 36.4 Å². The number of carbonyl (C=O) groups is 1. The maximum Gasteiger partial charge on any atom is 0.255 e. The first-order chi connectivity index (χ1) is 15.0. The minimum absolute atomic E-state index is 0.185. The molecule has 0 aliphatic carbocycles. The summed E-state index contributed by atoms with van der Waals surface area (Å²) in [7, 11) is 0. The fraction of sp³-hybridized carbons (Fsp3) is 0.208. The molecule has 0 radical (unpaired) electrons. The lowest BCUT2D eigenvalue weighted by molar-refractivity contribution is 0.102. The highest BCUT2D eigenvalue weighted by molar-refractivity contribution is 6.42. The summed E-state index contributed by atoms with van der Waals surface area (Å²) in [6.07, 6.45) is 1.41. The van der Waals surface area contributed by atoms with E-state index in [0.717, 1.165) is 37.4 Å². The van der Waals surface area contributed by atoms with Gasteiger partial charge < -0.3 is 20.1 Å². The number of rotatable bonds is 5. The largest absolute Gasteiger partial charge is 0.457 e. The van der Waals surface area contributed by atoms with Crippen molar-refractivity contribution in [3.8, 4) is 11.5 Å². The maximum atomic E-state index is 12.4. The molecule has 2 N–H and O–H groups in total. The van der Waals surface area contributed by atoms with E-state index in [0.29, 0.717) is 27.0 Å². The van der Waals surface area contributed by atoms with Gasteiger partial charge in [0.15, 0.2) is 0 Å². The Labute approximate surface area is 191 Å². The van der Waals surface area contributed by atoms with Gasteiger partial charge in [-0.05, 0) is 79.6 Å². The second kappa shape index (κ2) is 9.60. The third-order valence-corrected chi connectivity index (χ3v) is 5.94. The van der Waals surface area contributed by atoms with Gasteiger partial charge in [0.1, 0.15) is 11.5 Å². The summed E-state index contributed by atoms with van der Waals surface area (Å²) in [6, 6.07) is 19.8. The second-order valence-corrected chi connectivity index (χ2v) is 8.24. The van der Waals surface area contributed by atoms with Gasteiger partial charge in [-0.1, -0.05) is 23.2 Å². The number of anilines is 2. The molecule has 1 aliphatic heterocycles. The van der Waals surface area contributed by atoms with Crippen molar-refractivity contribution in [2.24, 2.45) is 0 Å². The van der Waals surface area contributed by atoms with Gasteiger partial charge >= 0.3 is 0 Å². The standard InChI is InChI=1S/C24H22Cl2N2O3/c25-22-10-1-16(15-23(22)26)24(30)27-17-2-6-20(7-3-17)31-21-8-4-18(5-9-21)28-13-11-19(29)12-14-28/h1-10,15,19,29H,11-14H2,(H,27,30). The molecule has 1 saturated heterocycles. The highest BCUT2D eigenvalue weighted by Gasteiger charge is 2.17. The number of nitrogens with one attached hydrogen (secondary N) is 1. The van der Waals surface area contributed by atoms with Crippen LogP contribution in [0.2, 0.25) is 10.0 Å². The lowest BCUT2D eigenvalue weighted by Gasteiger charge is -2.31. The van der Waals surface area contributed by atoms with Crippen molar-refractivity contribution in [2.75, 3.05) is 23.3 Å². The van der Waals surface area contributed by atoms with E-state index < -0.39 is 0 Å². The molecule has 0 spiro atoms. The highest BCUT2D eigenvalue weighted by atomic mass is 35.5. The predicted octanol–water partition coefficient (Wildman–Crippen LogP) is 6.00. The van der Waals surface area contributed by atoms with Crippen LogP contribution in [0.1, 0.15) is 23.2 Å². The van der Waals surface area contributed by atoms with Crippen molar-refractivity contribution >= 4 is 40.5 Å². The molecule has 3 aromatic carbocycles. The van der Waals surface area contributed by atoms with Gasteiger partial charge in [0, 0.05) is 30.0 Å². The Kier molecular flexibility index (Phi) is 6.66. The lowest BCUT2D eigenvalue weighted by atomic mass is 10.1. The Morgan fingerprint density at radius 3 is 2.13 bits per heavy atom. The fourth-order valence-electron chi connectivity index (χ4n) is 3.43. The van der Waals surface area contributed by atoms with E-state index in [1.165, 1.54) is 6.07 Å². The zero-order valence-corrected chi connectivity index (χ0v) is 18.2. The Morgan fingerprint density at radius 1 is 0.903 bits per heavy atom. The summed E-state index contributed by atoms with van der Waals surface area (Å²) >= 11 is 11.9. The number of hydrogen-bond acceptors (Lipinski definition) is 4. The van der Waals surface area contributed by atoms with Crippen molar-refractivity contribution in [1.29, 1.82) is 0 Å². The molecule has 0 aromatic heterocycles. The smallest absolute Gasteiger partial charge is 0.255 e. The zero-order chi connectivity index (χ0) is 21.8. The first-order valence-corrected chi connectivity index (χ1v) is 10.8. The van der Waals surface area contributed by atoms with E-state index in [4.69, 9.17) is 27.9 Å². The van der Waals surface area contributed by atoms with Crippen LogP contribution in [-0.4, -0.2) is 30.2 Å². The number of halogens is 2. The molecule has 4 rings (SSSR count). The predicted molar refractivity (Wildman–Crippen MR) is 125 cm³/mol. The molecule has 1 fully saturated rings. The number of aliphatic hydroxyl groups is 1. The molecule has 0 atom stereocenters. The number of benzene rings is 3. The monoisotopic (exact) mass is 456 g/mol. The van der Waals surface area contributed by atoms with Crippen LogP contribution in [-0.2, 0) is 0 Å². The molecule has 7 heteroatoms. The summed E-state index contributed by atoms with van der Waals surface area (Å²) in [4.78, 5) is 14.6. The first-order valence-electron chi connectivity index (χ1n) is 10.1. The van der Waals surface area contributed by atoms with E-state index in [-0.39, 0.29) is 12.0 Å². The first kappa shape index (κ1) is 21.5. The Bertz CT molecular complexity index is 1050. The van der Waals surface area contributed by atoms with Crippen molar-refractivity contribution in [2.45, 2.75) is 18.9 Å². The topological polar surface area (TPSA) is 61.8 Å². The van der Waals surface area contributed by atoms with E-state index in [2.05, 4.69) is 10.2 Å². The van der Waals surface area contributed by atoms with Crippen molar-refractivity contribution in [3.63, 3.8) is 0 Å². The van der Waals surface area contributed by atoms with Crippen molar-refractivity contribution in [1.82, 2.24) is 0 Å². The van der Waals surface area contributed by atoms with Gasteiger partial charge in [-0.25, -0.2) is 0 Å². The zero-order valence-electron chi connectivity index (χ0n) is 16.7. The van der Waals surface area contributed by atoms with Crippen LogP contribution in [0.15, 0.2) is 66.7 Å².